The monoisotopic (exact) mass is 355 g/mol. The van der Waals surface area contributed by atoms with Crippen molar-refractivity contribution in [3.05, 3.63) is 35.9 Å². The first-order valence-corrected chi connectivity index (χ1v) is 10.5. The molecule has 4 atom stereocenters. The van der Waals surface area contributed by atoms with E-state index >= 15 is 0 Å². The maximum atomic E-state index is 12.5. The molecule has 2 aliphatic carbocycles. The third-order valence-corrected chi connectivity index (χ3v) is 6.90. The van der Waals surface area contributed by atoms with Crippen LogP contribution in [0.15, 0.2) is 30.3 Å². The van der Waals surface area contributed by atoms with Gasteiger partial charge in [0.1, 0.15) is 0 Å². The van der Waals surface area contributed by atoms with E-state index in [0.29, 0.717) is 12.6 Å². The molecule has 142 valence electrons. The van der Waals surface area contributed by atoms with E-state index < -0.39 is 0 Å². The standard InChI is InChI=1S/C22H33N3O/c1-17(21-14-19-7-8-20(21)13-19)23-22(26)16-25-11-9-24(10-12-25)15-18-5-3-2-4-6-18/h2-6,17,19-21H,7-16H2,1H3,(H,23,26)/t17-,19-,20-,21-/m1/s1. The SMILES string of the molecule is C[C@@H](NC(=O)CN1CCN(Cc2ccccc2)CC1)[C@H]1C[C@@H]2CC[C@@H]1C2. The fraction of sp³-hybridized carbons (Fsp3) is 0.682. The first-order chi connectivity index (χ1) is 12.7. The molecule has 1 saturated heterocycles. The molecule has 0 radical (unpaired) electrons. The Morgan fingerprint density at radius 3 is 2.46 bits per heavy atom. The fourth-order valence-electron chi connectivity index (χ4n) is 5.46. The van der Waals surface area contributed by atoms with Crippen molar-refractivity contribution in [2.45, 2.75) is 45.2 Å². The van der Waals surface area contributed by atoms with Crippen molar-refractivity contribution in [3.63, 3.8) is 0 Å². The van der Waals surface area contributed by atoms with E-state index in [0.717, 1.165) is 50.5 Å². The molecule has 26 heavy (non-hydrogen) atoms. The highest BCUT2D eigenvalue weighted by molar-refractivity contribution is 5.78. The Labute approximate surface area is 157 Å². The van der Waals surface area contributed by atoms with Gasteiger partial charge in [-0.1, -0.05) is 36.8 Å². The second-order valence-corrected chi connectivity index (χ2v) is 8.73. The number of nitrogens with zero attached hydrogens (tertiary/aromatic N) is 2. The van der Waals surface area contributed by atoms with Crippen LogP contribution in [-0.2, 0) is 11.3 Å². The van der Waals surface area contributed by atoms with Gasteiger partial charge in [0.15, 0.2) is 0 Å². The molecular weight excluding hydrogens is 322 g/mol. The Balaban J connectivity index is 1.17. The van der Waals surface area contributed by atoms with Crippen molar-refractivity contribution in [2.75, 3.05) is 32.7 Å². The van der Waals surface area contributed by atoms with Gasteiger partial charge in [-0.2, -0.15) is 0 Å². The van der Waals surface area contributed by atoms with E-state index in [-0.39, 0.29) is 5.91 Å². The quantitative estimate of drug-likeness (QED) is 0.852. The number of carbonyl (C=O) groups excluding carboxylic acids is 1. The summed E-state index contributed by atoms with van der Waals surface area (Å²) in [6.07, 6.45) is 5.56. The highest BCUT2D eigenvalue weighted by Crippen LogP contribution is 2.49. The van der Waals surface area contributed by atoms with Gasteiger partial charge in [-0.3, -0.25) is 14.6 Å². The molecule has 2 saturated carbocycles. The van der Waals surface area contributed by atoms with E-state index in [1.165, 1.54) is 31.2 Å². The van der Waals surface area contributed by atoms with Crippen molar-refractivity contribution in [1.29, 1.82) is 0 Å². The number of nitrogens with one attached hydrogen (secondary N) is 1. The predicted octanol–water partition coefficient (Wildman–Crippen LogP) is 2.75. The highest BCUT2D eigenvalue weighted by Gasteiger charge is 2.42. The Morgan fingerprint density at radius 1 is 1.08 bits per heavy atom. The molecule has 4 rings (SSSR count). The zero-order valence-corrected chi connectivity index (χ0v) is 16.1. The normalized spacial score (nSPS) is 30.4. The van der Waals surface area contributed by atoms with Crippen LogP contribution in [0.25, 0.3) is 0 Å². The Morgan fingerprint density at radius 2 is 1.81 bits per heavy atom. The summed E-state index contributed by atoms with van der Waals surface area (Å²) < 4.78 is 0. The summed E-state index contributed by atoms with van der Waals surface area (Å²) in [4.78, 5) is 17.3. The smallest absolute Gasteiger partial charge is 0.234 e. The zero-order valence-electron chi connectivity index (χ0n) is 16.1. The Kier molecular flexibility index (Phi) is 5.60. The molecular formula is C22H33N3O. The van der Waals surface area contributed by atoms with Gasteiger partial charge in [0.25, 0.3) is 0 Å². The molecule has 3 fully saturated rings. The largest absolute Gasteiger partial charge is 0.352 e. The van der Waals surface area contributed by atoms with Crippen molar-refractivity contribution >= 4 is 5.91 Å². The maximum Gasteiger partial charge on any atom is 0.234 e. The van der Waals surface area contributed by atoms with Gasteiger partial charge in [0, 0.05) is 38.8 Å². The summed E-state index contributed by atoms with van der Waals surface area (Å²) >= 11 is 0. The molecule has 1 aliphatic heterocycles. The summed E-state index contributed by atoms with van der Waals surface area (Å²) in [5.74, 6) is 2.76. The second-order valence-electron chi connectivity index (χ2n) is 8.73. The summed E-state index contributed by atoms with van der Waals surface area (Å²) in [6.45, 7) is 7.87. The van der Waals surface area contributed by atoms with Crippen molar-refractivity contribution < 1.29 is 4.79 Å². The minimum atomic E-state index is 0.219. The number of benzene rings is 1. The number of fused-ring (bicyclic) bond motifs is 2. The molecule has 0 spiro atoms. The summed E-state index contributed by atoms with van der Waals surface area (Å²) in [5.41, 5.74) is 1.37. The van der Waals surface area contributed by atoms with Gasteiger partial charge >= 0.3 is 0 Å². The van der Waals surface area contributed by atoms with Crippen LogP contribution in [0.4, 0.5) is 0 Å². The molecule has 4 heteroatoms. The number of hydrogen-bond donors (Lipinski definition) is 1. The number of amides is 1. The van der Waals surface area contributed by atoms with Gasteiger partial charge in [-0.15, -0.1) is 0 Å². The average Bonchev–Trinajstić information content (AvgIpc) is 3.28. The minimum Gasteiger partial charge on any atom is -0.352 e. The summed E-state index contributed by atoms with van der Waals surface area (Å²) in [5, 5.41) is 3.31. The lowest BCUT2D eigenvalue weighted by Crippen LogP contribution is -2.50. The topological polar surface area (TPSA) is 35.6 Å². The van der Waals surface area contributed by atoms with Crippen LogP contribution in [0, 0.1) is 17.8 Å². The van der Waals surface area contributed by atoms with Crippen molar-refractivity contribution in [3.8, 4) is 0 Å². The van der Waals surface area contributed by atoms with Crippen LogP contribution in [0.1, 0.15) is 38.2 Å². The molecule has 1 N–H and O–H groups in total. The molecule has 2 bridgehead atoms. The van der Waals surface area contributed by atoms with Crippen LogP contribution in [0.3, 0.4) is 0 Å². The number of rotatable bonds is 6. The number of piperazine rings is 1. The van der Waals surface area contributed by atoms with Gasteiger partial charge in [-0.25, -0.2) is 0 Å². The molecule has 1 amide bonds. The van der Waals surface area contributed by atoms with Crippen LogP contribution in [-0.4, -0.2) is 54.5 Å². The third kappa shape index (κ3) is 4.29. The lowest BCUT2D eigenvalue weighted by Gasteiger charge is -2.35. The van der Waals surface area contributed by atoms with E-state index in [1.807, 2.05) is 0 Å². The number of carbonyl (C=O) groups is 1. The molecule has 0 aromatic heterocycles. The Bertz CT molecular complexity index is 597. The predicted molar refractivity (Wildman–Crippen MR) is 105 cm³/mol. The van der Waals surface area contributed by atoms with Gasteiger partial charge in [-0.05, 0) is 49.5 Å². The van der Waals surface area contributed by atoms with Crippen LogP contribution >= 0.6 is 0 Å². The van der Waals surface area contributed by atoms with Crippen molar-refractivity contribution in [1.82, 2.24) is 15.1 Å². The maximum absolute atomic E-state index is 12.5. The second kappa shape index (κ2) is 8.10. The fourth-order valence-corrected chi connectivity index (χ4v) is 5.46. The third-order valence-electron chi connectivity index (χ3n) is 6.90. The van der Waals surface area contributed by atoms with Crippen molar-refractivity contribution in [2.24, 2.45) is 17.8 Å². The molecule has 1 aromatic rings. The van der Waals surface area contributed by atoms with Crippen LogP contribution < -0.4 is 5.32 Å². The van der Waals surface area contributed by atoms with E-state index in [2.05, 4.69) is 52.4 Å². The van der Waals surface area contributed by atoms with E-state index in [4.69, 9.17) is 0 Å². The van der Waals surface area contributed by atoms with E-state index in [9.17, 15) is 4.79 Å². The van der Waals surface area contributed by atoms with E-state index in [1.54, 1.807) is 0 Å². The first kappa shape index (κ1) is 18.0. The molecule has 3 aliphatic rings. The number of hydrogen-bond acceptors (Lipinski definition) is 3. The van der Waals surface area contributed by atoms with Gasteiger partial charge in [0.2, 0.25) is 5.91 Å². The van der Waals surface area contributed by atoms with Crippen LogP contribution in [0.5, 0.6) is 0 Å². The minimum absolute atomic E-state index is 0.219. The lowest BCUT2D eigenvalue weighted by molar-refractivity contribution is -0.123. The molecule has 1 heterocycles. The molecule has 0 unspecified atom stereocenters. The average molecular weight is 356 g/mol. The van der Waals surface area contributed by atoms with Gasteiger partial charge in [0.05, 0.1) is 6.54 Å². The van der Waals surface area contributed by atoms with Crippen LogP contribution in [0.2, 0.25) is 0 Å². The first-order valence-electron chi connectivity index (χ1n) is 10.5. The highest BCUT2D eigenvalue weighted by atomic mass is 16.2. The summed E-state index contributed by atoms with van der Waals surface area (Å²) in [7, 11) is 0. The lowest BCUT2D eigenvalue weighted by atomic mass is 9.84. The molecule has 4 nitrogen and oxygen atoms in total. The molecule has 1 aromatic carbocycles. The van der Waals surface area contributed by atoms with Gasteiger partial charge < -0.3 is 5.32 Å². The zero-order chi connectivity index (χ0) is 17.9. The Hall–Kier alpha value is -1.39. The summed E-state index contributed by atoms with van der Waals surface area (Å²) in [6, 6.07) is 11.0.